The quantitative estimate of drug-likeness (QED) is 0.448. The summed E-state index contributed by atoms with van der Waals surface area (Å²) in [7, 11) is -1.82. The molecule has 0 saturated heterocycles. The largest absolute Gasteiger partial charge is 0.478 e. The highest BCUT2D eigenvalue weighted by atomic mass is 31.2. The Labute approximate surface area is 107 Å². The maximum absolute atomic E-state index is 10.8. The second-order valence-electron chi connectivity index (χ2n) is 4.06. The Morgan fingerprint density at radius 3 is 2.78 bits per heavy atom. The first kappa shape index (κ1) is 15.1. The number of carbonyl (C=O) groups is 1. The van der Waals surface area contributed by atoms with Gasteiger partial charge in [-0.3, -0.25) is 0 Å². The maximum Gasteiger partial charge on any atom is 0.335 e. The van der Waals surface area contributed by atoms with Gasteiger partial charge in [0.2, 0.25) is 0 Å². The zero-order valence-corrected chi connectivity index (χ0v) is 11.1. The minimum atomic E-state index is -1.82. The lowest BCUT2D eigenvalue weighted by atomic mass is 10.1. The molecular weight excluding hydrogens is 253 g/mol. The van der Waals surface area contributed by atoms with Crippen LogP contribution in [0.1, 0.15) is 35.3 Å². The normalized spacial score (nSPS) is 12.7. The first-order chi connectivity index (χ1) is 8.50. The van der Waals surface area contributed by atoms with Crippen LogP contribution in [0.15, 0.2) is 24.3 Å². The second kappa shape index (κ2) is 7.44. The third-order valence-electron chi connectivity index (χ3n) is 2.62. The van der Waals surface area contributed by atoms with Gasteiger partial charge in [0.15, 0.2) is 8.38 Å². The van der Waals surface area contributed by atoms with Gasteiger partial charge >= 0.3 is 5.97 Å². The fourth-order valence-corrected chi connectivity index (χ4v) is 2.04. The molecule has 0 aromatic heterocycles. The minimum Gasteiger partial charge on any atom is -0.478 e. The van der Waals surface area contributed by atoms with Crippen molar-refractivity contribution in [3.8, 4) is 0 Å². The van der Waals surface area contributed by atoms with Crippen LogP contribution in [0.2, 0.25) is 0 Å². The average molecular weight is 271 g/mol. The predicted octanol–water partition coefficient (Wildman–Crippen LogP) is 1.72. The van der Waals surface area contributed by atoms with Crippen LogP contribution in [0.3, 0.4) is 0 Å². The molecule has 18 heavy (non-hydrogen) atoms. The summed E-state index contributed by atoms with van der Waals surface area (Å²) >= 11 is 0. The molecule has 0 aliphatic carbocycles. The molecule has 6 heteroatoms. The highest BCUT2D eigenvalue weighted by Crippen LogP contribution is 2.23. The van der Waals surface area contributed by atoms with Crippen molar-refractivity contribution in [3.63, 3.8) is 0 Å². The zero-order valence-electron chi connectivity index (χ0n) is 10.2. The molecule has 1 unspecified atom stereocenters. The summed E-state index contributed by atoms with van der Waals surface area (Å²) in [6.07, 6.45) is 1.08. The van der Waals surface area contributed by atoms with Crippen LogP contribution in [0.25, 0.3) is 0 Å². The van der Waals surface area contributed by atoms with E-state index in [2.05, 4.69) is 5.32 Å². The second-order valence-corrected chi connectivity index (χ2v) is 5.25. The molecule has 5 nitrogen and oxygen atoms in total. The molecule has 1 atom stereocenters. The molecule has 4 N–H and O–H groups in total. The van der Waals surface area contributed by atoms with Crippen molar-refractivity contribution < 1.29 is 19.7 Å². The van der Waals surface area contributed by atoms with Crippen LogP contribution in [0.5, 0.6) is 0 Å². The molecule has 0 aliphatic rings. The third kappa shape index (κ3) is 5.10. The van der Waals surface area contributed by atoms with Crippen LogP contribution in [-0.2, 0) is 0 Å². The Hall–Kier alpha value is -1.000. The molecular formula is C12H18NO4P. The van der Waals surface area contributed by atoms with Gasteiger partial charge in [-0.25, -0.2) is 4.79 Å². The lowest BCUT2D eigenvalue weighted by Crippen LogP contribution is -2.20. The van der Waals surface area contributed by atoms with Crippen molar-refractivity contribution in [2.75, 3.05) is 12.7 Å². The highest BCUT2D eigenvalue weighted by Gasteiger charge is 2.08. The molecule has 0 spiro atoms. The molecule has 100 valence electrons. The molecule has 0 amide bonds. The summed E-state index contributed by atoms with van der Waals surface area (Å²) in [5.41, 5.74) is 1.18. The molecule has 1 rings (SSSR count). The zero-order chi connectivity index (χ0) is 13.5. The van der Waals surface area contributed by atoms with Crippen LogP contribution >= 0.6 is 8.38 Å². The first-order valence-electron chi connectivity index (χ1n) is 5.72. The summed E-state index contributed by atoms with van der Waals surface area (Å²) < 4.78 is 0. The van der Waals surface area contributed by atoms with Gasteiger partial charge in [-0.2, -0.15) is 0 Å². The SMILES string of the molecule is CC(NCCCP(O)O)c1cccc(C(=O)O)c1. The summed E-state index contributed by atoms with van der Waals surface area (Å²) in [6, 6.07) is 6.83. The standard InChI is InChI=1S/C12H18NO4P/c1-9(13-6-3-7-18(16)17)10-4-2-5-11(8-10)12(14)15/h2,4-5,8-9,13,16-17H,3,6-7H2,1H3,(H,14,15). The van der Waals surface area contributed by atoms with Crippen LogP contribution < -0.4 is 5.32 Å². The van der Waals surface area contributed by atoms with Gasteiger partial charge in [-0.1, -0.05) is 12.1 Å². The van der Waals surface area contributed by atoms with E-state index in [1.807, 2.05) is 13.0 Å². The number of hydrogen-bond acceptors (Lipinski definition) is 4. The van der Waals surface area contributed by atoms with Crippen LogP contribution in [0, 0.1) is 0 Å². The third-order valence-corrected chi connectivity index (χ3v) is 3.34. The lowest BCUT2D eigenvalue weighted by Gasteiger charge is -2.14. The number of hydrogen-bond donors (Lipinski definition) is 4. The summed E-state index contributed by atoms with van der Waals surface area (Å²) in [6.45, 7) is 2.61. The van der Waals surface area contributed by atoms with Gasteiger partial charge in [0.05, 0.1) is 5.56 Å². The fourth-order valence-electron chi connectivity index (χ4n) is 1.60. The Morgan fingerprint density at radius 1 is 1.44 bits per heavy atom. The van der Waals surface area contributed by atoms with E-state index in [0.29, 0.717) is 19.1 Å². The minimum absolute atomic E-state index is 0.0351. The first-order valence-corrected chi connectivity index (χ1v) is 7.16. The number of rotatable bonds is 7. The van der Waals surface area contributed by atoms with Crippen molar-refractivity contribution in [1.82, 2.24) is 5.32 Å². The average Bonchev–Trinajstić information content (AvgIpc) is 2.34. The van der Waals surface area contributed by atoms with Gasteiger partial charge < -0.3 is 20.2 Å². The van der Waals surface area contributed by atoms with E-state index < -0.39 is 14.3 Å². The molecule has 1 aromatic rings. The molecule has 0 aliphatic heterocycles. The van der Waals surface area contributed by atoms with E-state index in [4.69, 9.17) is 14.9 Å². The maximum atomic E-state index is 10.8. The van der Waals surface area contributed by atoms with Crippen molar-refractivity contribution in [3.05, 3.63) is 35.4 Å². The smallest absolute Gasteiger partial charge is 0.335 e. The molecule has 0 bridgehead atoms. The van der Waals surface area contributed by atoms with Crippen molar-refractivity contribution in [1.29, 1.82) is 0 Å². The van der Waals surface area contributed by atoms with Crippen molar-refractivity contribution >= 4 is 14.3 Å². The number of aromatic carboxylic acids is 1. The van der Waals surface area contributed by atoms with Crippen molar-refractivity contribution in [2.45, 2.75) is 19.4 Å². The van der Waals surface area contributed by atoms with E-state index in [9.17, 15) is 4.79 Å². The Balaban J connectivity index is 2.48. The monoisotopic (exact) mass is 271 g/mol. The Morgan fingerprint density at radius 2 is 2.17 bits per heavy atom. The Kier molecular flexibility index (Phi) is 6.22. The number of nitrogens with one attached hydrogen (secondary N) is 1. The topological polar surface area (TPSA) is 89.8 Å². The van der Waals surface area contributed by atoms with Gasteiger partial charge in [0.1, 0.15) is 0 Å². The van der Waals surface area contributed by atoms with Crippen molar-refractivity contribution in [2.24, 2.45) is 0 Å². The van der Waals surface area contributed by atoms with Gasteiger partial charge in [-0.05, 0) is 37.6 Å². The molecule has 0 saturated carbocycles. The van der Waals surface area contributed by atoms with Gasteiger partial charge in [0.25, 0.3) is 0 Å². The van der Waals surface area contributed by atoms with E-state index in [1.165, 1.54) is 0 Å². The summed E-state index contributed by atoms with van der Waals surface area (Å²) in [5, 5.41) is 12.1. The number of benzene rings is 1. The number of carboxylic acids is 1. The molecule has 0 radical (unpaired) electrons. The van der Waals surface area contributed by atoms with E-state index in [-0.39, 0.29) is 11.6 Å². The van der Waals surface area contributed by atoms with Gasteiger partial charge in [0, 0.05) is 12.2 Å². The molecule has 0 fully saturated rings. The van der Waals surface area contributed by atoms with Crippen LogP contribution in [0.4, 0.5) is 0 Å². The van der Waals surface area contributed by atoms with Crippen LogP contribution in [-0.4, -0.2) is 33.6 Å². The van der Waals surface area contributed by atoms with E-state index in [1.54, 1.807) is 18.2 Å². The lowest BCUT2D eigenvalue weighted by molar-refractivity contribution is 0.0696. The Bertz CT molecular complexity index is 397. The highest BCUT2D eigenvalue weighted by molar-refractivity contribution is 7.45. The summed E-state index contributed by atoms with van der Waals surface area (Å²) in [5.74, 6) is -0.935. The summed E-state index contributed by atoms with van der Waals surface area (Å²) in [4.78, 5) is 28.4. The van der Waals surface area contributed by atoms with E-state index >= 15 is 0 Å². The number of carboxylic acid groups (broad SMARTS) is 1. The predicted molar refractivity (Wildman–Crippen MR) is 70.7 cm³/mol. The molecule has 1 aromatic carbocycles. The van der Waals surface area contributed by atoms with E-state index in [0.717, 1.165) is 5.56 Å². The van der Waals surface area contributed by atoms with Gasteiger partial charge in [-0.15, -0.1) is 0 Å². The fraction of sp³-hybridized carbons (Fsp3) is 0.417. The molecule has 0 heterocycles.